The number of carbonyl (C=O) groups excluding carboxylic acids is 1. The summed E-state index contributed by atoms with van der Waals surface area (Å²) in [5, 5.41) is 8.43. The number of imidazole rings is 1. The van der Waals surface area contributed by atoms with Crippen LogP contribution in [0, 0.1) is 5.82 Å². The first-order chi connectivity index (χ1) is 17.5. The summed E-state index contributed by atoms with van der Waals surface area (Å²) >= 11 is 0. The second kappa shape index (κ2) is 10.4. The SMILES string of the molecule is CC.CC.CNc1c(C(=O)c2cc3ccc(F)cc3n2C)cnn1-c1ccc2nc(C3CC3)[nH]c2c1. The van der Waals surface area contributed by atoms with Crippen molar-refractivity contribution in [3.05, 3.63) is 71.6 Å². The van der Waals surface area contributed by atoms with Gasteiger partial charge >= 0.3 is 0 Å². The minimum absolute atomic E-state index is 0.182. The summed E-state index contributed by atoms with van der Waals surface area (Å²) in [6.45, 7) is 8.00. The summed E-state index contributed by atoms with van der Waals surface area (Å²) in [4.78, 5) is 21.5. The van der Waals surface area contributed by atoms with Gasteiger partial charge < -0.3 is 14.9 Å². The zero-order valence-electron chi connectivity index (χ0n) is 21.7. The molecule has 0 saturated heterocycles. The van der Waals surface area contributed by atoms with Crippen molar-refractivity contribution in [1.82, 2.24) is 24.3 Å². The van der Waals surface area contributed by atoms with Crippen LogP contribution in [0.15, 0.2) is 48.7 Å². The van der Waals surface area contributed by atoms with E-state index >= 15 is 0 Å². The first kappa shape index (κ1) is 25.2. The van der Waals surface area contributed by atoms with Crippen LogP contribution < -0.4 is 5.32 Å². The molecular weight excluding hydrogens is 455 g/mol. The van der Waals surface area contributed by atoms with Gasteiger partial charge in [0.05, 0.1) is 39.7 Å². The average molecular weight is 489 g/mol. The zero-order chi connectivity index (χ0) is 26.0. The number of rotatable bonds is 5. The number of nitrogens with one attached hydrogen (secondary N) is 2. The normalized spacial score (nSPS) is 12.6. The standard InChI is InChI=1S/C24H21FN6O.2C2H6/c1-26-24-17(22(32)21-9-14-5-6-15(25)10-20(14)30(21)2)12-27-31(24)16-7-8-18-19(11-16)29-23(28-18)13-3-4-13;2*1-2/h5-13,26H,3-4H2,1-2H3,(H,28,29);2*1-2H3. The van der Waals surface area contributed by atoms with Crippen molar-refractivity contribution in [3.63, 3.8) is 0 Å². The van der Waals surface area contributed by atoms with Crippen LogP contribution in [0.25, 0.3) is 27.6 Å². The van der Waals surface area contributed by atoms with Gasteiger partial charge in [0.15, 0.2) is 0 Å². The molecule has 8 heteroatoms. The maximum Gasteiger partial charge on any atom is 0.214 e. The van der Waals surface area contributed by atoms with Gasteiger partial charge in [-0.15, -0.1) is 0 Å². The number of anilines is 1. The van der Waals surface area contributed by atoms with E-state index in [0.29, 0.717) is 28.5 Å². The lowest BCUT2D eigenvalue weighted by Crippen LogP contribution is -2.10. The Morgan fingerprint density at radius 1 is 1.08 bits per heavy atom. The fourth-order valence-corrected chi connectivity index (χ4v) is 4.31. The largest absolute Gasteiger partial charge is 0.372 e. The van der Waals surface area contributed by atoms with Crippen molar-refractivity contribution in [3.8, 4) is 5.69 Å². The van der Waals surface area contributed by atoms with Crippen LogP contribution in [0.5, 0.6) is 0 Å². The van der Waals surface area contributed by atoms with Crippen LogP contribution >= 0.6 is 0 Å². The van der Waals surface area contributed by atoms with Gasteiger partial charge in [0.25, 0.3) is 0 Å². The van der Waals surface area contributed by atoms with Crippen LogP contribution in [0.2, 0.25) is 0 Å². The van der Waals surface area contributed by atoms with Crippen molar-refractivity contribution in [2.45, 2.75) is 46.5 Å². The third-order valence-electron chi connectivity index (χ3n) is 6.18. The van der Waals surface area contributed by atoms with Crippen LogP contribution in [0.3, 0.4) is 0 Å². The zero-order valence-corrected chi connectivity index (χ0v) is 21.7. The molecule has 1 aliphatic rings. The molecular formula is C28H33FN6O. The Bertz CT molecular complexity index is 1520. The molecule has 0 aliphatic heterocycles. The number of aromatic nitrogens is 5. The Hall–Kier alpha value is -3.94. The number of hydrogen-bond acceptors (Lipinski definition) is 4. The van der Waals surface area contributed by atoms with Gasteiger partial charge in [-0.3, -0.25) is 4.79 Å². The fourth-order valence-electron chi connectivity index (χ4n) is 4.31. The van der Waals surface area contributed by atoms with E-state index in [0.717, 1.165) is 27.9 Å². The summed E-state index contributed by atoms with van der Waals surface area (Å²) < 4.78 is 17.1. The quantitative estimate of drug-likeness (QED) is 0.274. The van der Waals surface area contributed by atoms with Crippen LogP contribution in [0.4, 0.5) is 10.2 Å². The summed E-state index contributed by atoms with van der Waals surface area (Å²) in [6.07, 6.45) is 3.93. The molecule has 1 fully saturated rings. The summed E-state index contributed by atoms with van der Waals surface area (Å²) in [6, 6.07) is 12.2. The Kier molecular flexibility index (Phi) is 7.24. The number of aromatic amines is 1. The molecule has 5 aromatic rings. The van der Waals surface area contributed by atoms with Crippen molar-refractivity contribution in [2.24, 2.45) is 7.05 Å². The topological polar surface area (TPSA) is 80.5 Å². The van der Waals surface area contributed by atoms with Gasteiger partial charge in [-0.05, 0) is 55.3 Å². The summed E-state index contributed by atoms with van der Waals surface area (Å²) in [5.74, 6) is 1.66. The van der Waals surface area contributed by atoms with Crippen molar-refractivity contribution < 1.29 is 9.18 Å². The van der Waals surface area contributed by atoms with Crippen LogP contribution in [-0.2, 0) is 7.05 Å². The van der Waals surface area contributed by atoms with Crippen molar-refractivity contribution in [1.29, 1.82) is 0 Å². The minimum atomic E-state index is -0.333. The fraction of sp³-hybridized carbons (Fsp3) is 0.321. The number of aryl methyl sites for hydroxylation is 1. The number of fused-ring (bicyclic) bond motifs is 2. The highest BCUT2D eigenvalue weighted by Crippen LogP contribution is 2.39. The number of H-pyrrole nitrogens is 1. The monoisotopic (exact) mass is 488 g/mol. The molecule has 0 atom stereocenters. The van der Waals surface area contributed by atoms with Gasteiger partial charge in [0.2, 0.25) is 5.78 Å². The molecule has 6 rings (SSSR count). The first-order valence-corrected chi connectivity index (χ1v) is 12.6. The van der Waals surface area contributed by atoms with E-state index in [2.05, 4.69) is 20.4 Å². The molecule has 0 spiro atoms. The number of halogens is 1. The third-order valence-corrected chi connectivity index (χ3v) is 6.18. The maximum absolute atomic E-state index is 13.7. The lowest BCUT2D eigenvalue weighted by Gasteiger charge is -2.09. The lowest BCUT2D eigenvalue weighted by molar-refractivity contribution is 0.103. The molecule has 0 amide bonds. The molecule has 36 heavy (non-hydrogen) atoms. The number of benzene rings is 2. The molecule has 2 N–H and O–H groups in total. The predicted octanol–water partition coefficient (Wildman–Crippen LogP) is 6.58. The second-order valence-corrected chi connectivity index (χ2v) is 8.29. The highest BCUT2D eigenvalue weighted by atomic mass is 19.1. The number of hydrogen-bond donors (Lipinski definition) is 2. The molecule has 0 radical (unpaired) electrons. The summed E-state index contributed by atoms with van der Waals surface area (Å²) in [5.41, 5.74) is 4.29. The van der Waals surface area contributed by atoms with Gasteiger partial charge in [0.1, 0.15) is 17.5 Å². The first-order valence-electron chi connectivity index (χ1n) is 12.6. The molecule has 7 nitrogen and oxygen atoms in total. The molecule has 3 aromatic heterocycles. The molecule has 188 valence electrons. The Morgan fingerprint density at radius 2 is 1.83 bits per heavy atom. The van der Waals surface area contributed by atoms with E-state index in [1.165, 1.54) is 25.0 Å². The molecule has 0 bridgehead atoms. The molecule has 0 unspecified atom stereocenters. The van der Waals surface area contributed by atoms with Crippen LogP contribution in [-0.4, -0.2) is 37.1 Å². The van der Waals surface area contributed by atoms with E-state index in [4.69, 9.17) is 0 Å². The minimum Gasteiger partial charge on any atom is -0.372 e. The molecule has 1 aliphatic carbocycles. The average Bonchev–Trinajstić information content (AvgIpc) is 3.40. The van der Waals surface area contributed by atoms with E-state index in [1.54, 1.807) is 41.7 Å². The van der Waals surface area contributed by atoms with E-state index in [9.17, 15) is 9.18 Å². The smallest absolute Gasteiger partial charge is 0.214 e. The van der Waals surface area contributed by atoms with Gasteiger partial charge in [0, 0.05) is 25.4 Å². The van der Waals surface area contributed by atoms with Gasteiger partial charge in [-0.2, -0.15) is 5.10 Å². The maximum atomic E-state index is 13.7. The van der Waals surface area contributed by atoms with E-state index in [-0.39, 0.29) is 11.6 Å². The predicted molar refractivity (Wildman–Crippen MR) is 144 cm³/mol. The lowest BCUT2D eigenvalue weighted by atomic mass is 10.1. The molecule has 3 heterocycles. The van der Waals surface area contributed by atoms with Crippen molar-refractivity contribution >= 4 is 33.5 Å². The summed E-state index contributed by atoms with van der Waals surface area (Å²) in [7, 11) is 3.53. The van der Waals surface area contributed by atoms with Gasteiger partial charge in [-0.25, -0.2) is 14.1 Å². The third kappa shape index (κ3) is 4.39. The Morgan fingerprint density at radius 3 is 2.53 bits per heavy atom. The molecule has 2 aromatic carbocycles. The van der Waals surface area contributed by atoms with Crippen LogP contribution in [0.1, 0.15) is 68.3 Å². The van der Waals surface area contributed by atoms with Gasteiger partial charge in [-0.1, -0.05) is 27.7 Å². The van der Waals surface area contributed by atoms with E-state index in [1.807, 2.05) is 45.9 Å². The highest BCUT2D eigenvalue weighted by molar-refractivity contribution is 6.13. The van der Waals surface area contributed by atoms with E-state index < -0.39 is 0 Å². The highest BCUT2D eigenvalue weighted by Gasteiger charge is 2.27. The Balaban J connectivity index is 0.000000726. The number of carbonyl (C=O) groups is 1. The number of nitrogens with zero attached hydrogens (tertiary/aromatic N) is 4. The number of ketones is 1. The Labute approximate surface area is 210 Å². The second-order valence-electron chi connectivity index (χ2n) is 8.29. The molecule has 1 saturated carbocycles. The van der Waals surface area contributed by atoms with Crippen molar-refractivity contribution in [2.75, 3.05) is 12.4 Å².